The van der Waals surface area contributed by atoms with Gasteiger partial charge in [-0.2, -0.15) is 0 Å². The third-order valence-corrected chi connectivity index (χ3v) is 7.66. The zero-order valence-electron chi connectivity index (χ0n) is 22.6. The van der Waals surface area contributed by atoms with Crippen molar-refractivity contribution in [3.05, 3.63) is 107 Å². The van der Waals surface area contributed by atoms with Crippen molar-refractivity contribution >= 4 is 33.9 Å². The molecule has 1 aliphatic rings. The lowest BCUT2D eigenvalue weighted by Gasteiger charge is -2.26. The van der Waals surface area contributed by atoms with Crippen molar-refractivity contribution in [1.29, 1.82) is 0 Å². The van der Waals surface area contributed by atoms with E-state index in [1.54, 1.807) is 23.0 Å². The van der Waals surface area contributed by atoms with Gasteiger partial charge in [-0.1, -0.05) is 19.9 Å². The van der Waals surface area contributed by atoms with Crippen LogP contribution >= 0.6 is 0 Å². The molecule has 2 aromatic heterocycles. The van der Waals surface area contributed by atoms with Gasteiger partial charge in [-0.15, -0.1) is 0 Å². The van der Waals surface area contributed by atoms with E-state index < -0.39 is 22.9 Å². The maximum absolute atomic E-state index is 13.9. The largest absolute Gasteiger partial charge is 0.395 e. The van der Waals surface area contributed by atoms with Gasteiger partial charge >= 0.3 is 0 Å². The number of carbonyl (C=O) groups is 1. The minimum Gasteiger partial charge on any atom is -0.395 e. The van der Waals surface area contributed by atoms with Gasteiger partial charge in [0.15, 0.2) is 17.5 Å². The Bertz CT molecular complexity index is 1840. The zero-order chi connectivity index (χ0) is 29.1. The molecule has 3 N–H and O–H groups in total. The number of aromatic nitrogens is 2. The number of hydrogen-bond donors (Lipinski definition) is 3. The van der Waals surface area contributed by atoms with E-state index in [0.717, 1.165) is 51.0 Å². The highest BCUT2D eigenvalue weighted by atomic mass is 19.2. The number of fused-ring (bicyclic) bond motifs is 3. The molecule has 208 valence electrons. The van der Waals surface area contributed by atoms with E-state index in [4.69, 9.17) is 0 Å². The van der Waals surface area contributed by atoms with Crippen LogP contribution in [-0.2, 0) is 12.0 Å². The van der Waals surface area contributed by atoms with Crippen molar-refractivity contribution in [1.82, 2.24) is 9.55 Å². The zero-order valence-corrected chi connectivity index (χ0v) is 22.6. The Balaban J connectivity index is 1.42. The minimum absolute atomic E-state index is 0.0360. The average Bonchev–Trinajstić information content (AvgIpc) is 3.24. The Morgan fingerprint density at radius 1 is 0.927 bits per heavy atom. The predicted molar refractivity (Wildman–Crippen MR) is 153 cm³/mol. The SMILES string of the molecule is Cc1cc2c(cc1C(C)(C)CO)NC(=O)c1ccc(-c3cn(Cc4cc(F)c(F)c(F)c4)c4cnccc34)cc1N2. The Hall–Kier alpha value is -4.63. The Morgan fingerprint density at radius 2 is 1.66 bits per heavy atom. The number of nitrogens with zero attached hydrogens (tertiary/aromatic N) is 2. The van der Waals surface area contributed by atoms with Crippen LogP contribution in [-0.4, -0.2) is 27.2 Å². The van der Waals surface area contributed by atoms with Crippen molar-refractivity contribution in [3.63, 3.8) is 0 Å². The number of pyridine rings is 1. The number of aliphatic hydroxyl groups excluding tert-OH is 1. The summed E-state index contributed by atoms with van der Waals surface area (Å²) in [4.78, 5) is 17.4. The van der Waals surface area contributed by atoms with E-state index in [1.807, 2.05) is 57.3 Å². The smallest absolute Gasteiger partial charge is 0.257 e. The number of carbonyl (C=O) groups excluding carboxylic acids is 1. The van der Waals surface area contributed by atoms with E-state index in [0.29, 0.717) is 16.9 Å². The number of amides is 1. The third-order valence-electron chi connectivity index (χ3n) is 7.66. The highest BCUT2D eigenvalue weighted by molar-refractivity contribution is 6.13. The van der Waals surface area contributed by atoms with Crippen molar-refractivity contribution < 1.29 is 23.1 Å². The van der Waals surface area contributed by atoms with Crippen molar-refractivity contribution in [2.75, 3.05) is 17.2 Å². The first kappa shape index (κ1) is 26.6. The summed E-state index contributed by atoms with van der Waals surface area (Å²) in [6.45, 7) is 5.93. The molecule has 0 spiro atoms. The second kappa shape index (κ2) is 9.78. The summed E-state index contributed by atoms with van der Waals surface area (Å²) in [5.41, 5.74) is 6.52. The molecule has 0 aliphatic carbocycles. The number of benzene rings is 3. The lowest BCUT2D eigenvalue weighted by atomic mass is 9.82. The predicted octanol–water partition coefficient (Wildman–Crippen LogP) is 7.06. The van der Waals surface area contributed by atoms with E-state index >= 15 is 0 Å². The molecule has 0 radical (unpaired) electrons. The van der Waals surface area contributed by atoms with Crippen LogP contribution in [0.15, 0.2) is 67.1 Å². The number of hydrogen-bond acceptors (Lipinski definition) is 4. The van der Waals surface area contributed by atoms with Gasteiger partial charge < -0.3 is 20.3 Å². The van der Waals surface area contributed by atoms with Crippen molar-refractivity contribution in [2.45, 2.75) is 32.7 Å². The normalized spacial score (nSPS) is 12.9. The molecule has 3 heterocycles. The molecule has 0 saturated carbocycles. The number of aliphatic hydroxyl groups is 1. The summed E-state index contributed by atoms with van der Waals surface area (Å²) < 4.78 is 43.1. The van der Waals surface area contributed by atoms with Crippen molar-refractivity contribution in [2.24, 2.45) is 0 Å². The quantitative estimate of drug-likeness (QED) is 0.203. The van der Waals surface area contributed by atoms with Gasteiger partial charge in [0.2, 0.25) is 0 Å². The fourth-order valence-electron chi connectivity index (χ4n) is 5.47. The molecule has 6 nitrogen and oxygen atoms in total. The van der Waals surface area contributed by atoms with Gasteiger partial charge in [0.25, 0.3) is 5.91 Å². The molecule has 0 atom stereocenters. The average molecular weight is 557 g/mol. The summed E-state index contributed by atoms with van der Waals surface area (Å²) >= 11 is 0. The van der Waals surface area contributed by atoms with Gasteiger partial charge in [0.1, 0.15) is 0 Å². The number of halogens is 3. The highest BCUT2D eigenvalue weighted by Crippen LogP contribution is 2.40. The van der Waals surface area contributed by atoms with Crippen LogP contribution in [0.3, 0.4) is 0 Å². The monoisotopic (exact) mass is 556 g/mol. The Morgan fingerprint density at radius 3 is 2.39 bits per heavy atom. The van der Waals surface area contributed by atoms with E-state index in [2.05, 4.69) is 15.6 Å². The summed E-state index contributed by atoms with van der Waals surface area (Å²) in [5.74, 6) is -4.25. The molecular formula is C32H27F3N4O2. The Kier molecular flexibility index (Phi) is 6.34. The molecule has 0 unspecified atom stereocenters. The third kappa shape index (κ3) is 4.62. The van der Waals surface area contributed by atoms with Gasteiger partial charge in [0, 0.05) is 35.3 Å². The first-order valence-corrected chi connectivity index (χ1v) is 13.1. The highest BCUT2D eigenvalue weighted by Gasteiger charge is 2.26. The molecule has 5 aromatic rings. The van der Waals surface area contributed by atoms with Crippen LogP contribution in [0.5, 0.6) is 0 Å². The fraction of sp³-hybridized carbons (Fsp3) is 0.188. The summed E-state index contributed by atoms with van der Waals surface area (Å²) in [5, 5.41) is 17.2. The lowest BCUT2D eigenvalue weighted by Crippen LogP contribution is -2.23. The van der Waals surface area contributed by atoms with Crippen LogP contribution in [0.4, 0.5) is 30.2 Å². The van der Waals surface area contributed by atoms with Crippen LogP contribution in [0.1, 0.15) is 40.9 Å². The van der Waals surface area contributed by atoms with E-state index in [9.17, 15) is 23.1 Å². The molecule has 6 rings (SSSR count). The number of anilines is 3. The summed E-state index contributed by atoms with van der Waals surface area (Å²) in [6, 6.07) is 13.2. The maximum Gasteiger partial charge on any atom is 0.257 e. The second-order valence-electron chi connectivity index (χ2n) is 11.0. The first-order valence-electron chi connectivity index (χ1n) is 13.1. The van der Waals surface area contributed by atoms with Crippen LogP contribution in [0.25, 0.3) is 22.0 Å². The number of rotatable bonds is 5. The van der Waals surface area contributed by atoms with Crippen LogP contribution in [0.2, 0.25) is 0 Å². The molecule has 41 heavy (non-hydrogen) atoms. The number of aryl methyl sites for hydroxylation is 1. The second-order valence-corrected chi connectivity index (χ2v) is 11.0. The molecule has 1 amide bonds. The number of nitrogens with one attached hydrogen (secondary N) is 2. The van der Waals surface area contributed by atoms with Gasteiger partial charge in [0.05, 0.1) is 40.9 Å². The fourth-order valence-corrected chi connectivity index (χ4v) is 5.47. The van der Waals surface area contributed by atoms with Gasteiger partial charge in [-0.05, 0) is 71.6 Å². The maximum atomic E-state index is 13.9. The molecular weight excluding hydrogens is 529 g/mol. The topological polar surface area (TPSA) is 79.2 Å². The molecule has 9 heteroatoms. The standard InChI is InChI=1S/C32H27F3N4O2/c1-17-8-27-28(12-23(17)32(2,3)16-40)38-31(41)21-5-4-19(11-26(21)37-27)22-15-39(29-13-36-7-6-20(22)29)14-18-9-24(33)30(35)25(34)10-18/h4-13,15,37,40H,14,16H2,1-3H3,(H,38,41). The summed E-state index contributed by atoms with van der Waals surface area (Å²) in [6.07, 6.45) is 5.17. The first-order chi connectivity index (χ1) is 19.6. The van der Waals surface area contributed by atoms with Crippen LogP contribution < -0.4 is 10.6 Å². The van der Waals surface area contributed by atoms with Gasteiger partial charge in [-0.3, -0.25) is 9.78 Å². The van der Waals surface area contributed by atoms with Gasteiger partial charge in [-0.25, -0.2) is 13.2 Å². The lowest BCUT2D eigenvalue weighted by molar-refractivity contribution is 0.102. The molecule has 1 aliphatic heterocycles. The molecule has 0 saturated heterocycles. The van der Waals surface area contributed by atoms with E-state index in [-0.39, 0.29) is 24.6 Å². The summed E-state index contributed by atoms with van der Waals surface area (Å²) in [7, 11) is 0. The van der Waals surface area contributed by atoms with Crippen LogP contribution in [0, 0.1) is 24.4 Å². The molecule has 0 fully saturated rings. The molecule has 3 aromatic carbocycles. The minimum atomic E-state index is -1.50. The van der Waals surface area contributed by atoms with Crippen molar-refractivity contribution in [3.8, 4) is 11.1 Å². The van der Waals surface area contributed by atoms with E-state index in [1.165, 1.54) is 0 Å². The molecule has 0 bridgehead atoms. The Labute approximate surface area is 234 Å².